The van der Waals surface area contributed by atoms with Gasteiger partial charge in [0.15, 0.2) is 24.8 Å². The molecule has 2 saturated heterocycles. The van der Waals surface area contributed by atoms with Gasteiger partial charge in [-0.2, -0.15) is 0 Å². The second kappa shape index (κ2) is 74.8. The lowest BCUT2D eigenvalue weighted by molar-refractivity contribution is -0.298. The van der Waals surface area contributed by atoms with E-state index in [2.05, 4.69) is 52.2 Å². The molecule has 0 aromatic carbocycles. The molecule has 0 aromatic heterocycles. The van der Waals surface area contributed by atoms with Crippen LogP contribution in [0.1, 0.15) is 465 Å². The number of rotatable bonds is 82. The fourth-order valence-corrected chi connectivity index (χ4v) is 16.9. The van der Waals surface area contributed by atoms with Gasteiger partial charge >= 0.3 is 31.7 Å². The summed E-state index contributed by atoms with van der Waals surface area (Å²) in [6.07, 6.45) is 38.1. The Morgan fingerprint density at radius 1 is 0.353 bits per heavy atom. The molecular weight excluding hydrogens is 1540 g/mol. The molecule has 0 aliphatic carbocycles. The van der Waals surface area contributed by atoms with Crippen LogP contribution in [-0.2, 0) is 71.0 Å². The first kappa shape index (κ1) is 112. The van der Waals surface area contributed by atoms with Crippen LogP contribution in [0.5, 0.6) is 0 Å². The van der Waals surface area contributed by atoms with Crippen LogP contribution in [0.25, 0.3) is 0 Å². The summed E-state index contributed by atoms with van der Waals surface area (Å²) < 4.78 is 61.8. The molecule has 2 amide bonds. The lowest BCUT2D eigenvalue weighted by Crippen LogP contribution is -2.68. The number of carbonyl (C=O) groups excluding carboxylic acids is 6. The zero-order chi connectivity index (χ0) is 87.2. The van der Waals surface area contributed by atoms with Crippen molar-refractivity contribution in [1.29, 1.82) is 0 Å². The van der Waals surface area contributed by atoms with E-state index >= 15 is 4.79 Å². The zero-order valence-corrected chi connectivity index (χ0v) is 76.8. The summed E-state index contributed by atoms with van der Waals surface area (Å²) in [5.74, 6) is -4.56. The van der Waals surface area contributed by atoms with E-state index in [9.17, 15) is 63.9 Å². The highest BCUT2D eigenvalue weighted by Gasteiger charge is 2.54. The summed E-state index contributed by atoms with van der Waals surface area (Å²) >= 11 is 0. The van der Waals surface area contributed by atoms with Gasteiger partial charge in [0.2, 0.25) is 11.8 Å². The molecule has 14 atom stereocenters. The number of unbranched alkanes of at least 4 members (excludes halogenated alkanes) is 50. The number of aliphatic hydroxyl groups is 5. The normalized spacial score (nSPS) is 20.5. The highest BCUT2D eigenvalue weighted by atomic mass is 31.2. The van der Waals surface area contributed by atoms with Gasteiger partial charge in [-0.1, -0.05) is 375 Å². The number of hydrogen-bond donors (Lipinski definition) is 9. The minimum atomic E-state index is -5.62. The Morgan fingerprint density at radius 2 is 0.664 bits per heavy atom. The summed E-state index contributed by atoms with van der Waals surface area (Å²) in [6, 6.07) is -3.47. The van der Waals surface area contributed by atoms with Gasteiger partial charge in [-0.25, -0.2) is 4.57 Å². The highest BCUT2D eigenvalue weighted by Crippen LogP contribution is 2.43. The summed E-state index contributed by atoms with van der Waals surface area (Å²) in [7, 11) is -5.62. The van der Waals surface area contributed by atoms with Crippen LogP contribution < -0.4 is 10.6 Å². The minimum absolute atomic E-state index is 0.111. The van der Waals surface area contributed by atoms with Gasteiger partial charge < -0.3 is 79.1 Å². The molecule has 2 heterocycles. The van der Waals surface area contributed by atoms with Crippen LogP contribution in [0.15, 0.2) is 0 Å². The van der Waals surface area contributed by atoms with E-state index in [1.165, 1.54) is 116 Å². The van der Waals surface area contributed by atoms with E-state index in [-0.39, 0.29) is 25.7 Å². The summed E-state index contributed by atoms with van der Waals surface area (Å²) in [6.45, 7) is 11.2. The zero-order valence-electron chi connectivity index (χ0n) is 75.9. The van der Waals surface area contributed by atoms with Gasteiger partial charge in [0.1, 0.15) is 48.7 Å². The molecule has 2 rings (SSSR count). The van der Waals surface area contributed by atoms with E-state index < -0.39 is 168 Å². The Balaban J connectivity index is 2.73. The molecule has 0 saturated carbocycles. The van der Waals surface area contributed by atoms with Crippen LogP contribution in [0, 0.1) is 0 Å². The maximum absolute atomic E-state index is 15.1. The molecule has 25 heteroatoms. The Bertz CT molecular complexity index is 2520. The lowest BCUT2D eigenvalue weighted by atomic mass is 9.95. The van der Waals surface area contributed by atoms with E-state index in [0.29, 0.717) is 51.4 Å². The standard InChI is InChI=1S/C94H177N2O22P/c1-7-13-19-25-31-37-38-44-50-56-62-68-84(103)113-78(66-60-54-48-42-35-29-23-17-11-5)72-86(105)117-92-88(96-82(101)71-77(65-59-53-47-41-34-28-22-16-10-4)112-83(102)67-61-55-49-43-36-30-24-18-12-6)94(115-79(73-97)90(92)118-119(108,109)110)111-74-80-89(106)91(116-85(104)70-76(99)64-58-52-46-40-33-27-21-15-9-3)87(93(107)114-80)95-81(100)69-75(98)63-57-51-45-39-32-26-20-14-8-2/h75-80,87-94,97-99,106-107H,7-74H2,1-6H3,(H,95,100)(H,96,101)(H2,108,109,110)/t75-,76-,77-,78-,79?,80?,87?,88?,89-,90-,91?,92?,93-,94-/m1/s1. The second-order valence-electron chi connectivity index (χ2n) is 35.0. The van der Waals surface area contributed by atoms with Crippen LogP contribution in [0.4, 0.5) is 0 Å². The molecule has 0 bridgehead atoms. The van der Waals surface area contributed by atoms with Crippen molar-refractivity contribution >= 4 is 43.5 Å². The van der Waals surface area contributed by atoms with Crippen molar-refractivity contribution in [2.75, 3.05) is 13.2 Å². The summed E-state index contributed by atoms with van der Waals surface area (Å²) in [5, 5.41) is 63.2. The average molecular weight is 1720 g/mol. The van der Waals surface area contributed by atoms with Gasteiger partial charge in [-0.15, -0.1) is 0 Å². The maximum atomic E-state index is 15.1. The fraction of sp³-hybridized carbons (Fsp3) is 0.936. The number of phosphoric acid groups is 1. The Hall–Kier alpha value is -3.39. The van der Waals surface area contributed by atoms with Crippen molar-refractivity contribution < 1.29 is 106 Å². The van der Waals surface area contributed by atoms with E-state index in [1.54, 1.807) is 0 Å². The Labute approximate surface area is 721 Å². The Kier molecular flexibility index (Phi) is 70.2. The molecule has 0 aromatic rings. The predicted octanol–water partition coefficient (Wildman–Crippen LogP) is 20.5. The van der Waals surface area contributed by atoms with Gasteiger partial charge in [-0.3, -0.25) is 33.3 Å². The van der Waals surface area contributed by atoms with Crippen molar-refractivity contribution in [1.82, 2.24) is 10.6 Å². The van der Waals surface area contributed by atoms with Crippen molar-refractivity contribution in [3.8, 4) is 0 Å². The molecule has 700 valence electrons. The van der Waals surface area contributed by atoms with Crippen molar-refractivity contribution in [2.45, 2.75) is 551 Å². The molecule has 24 nitrogen and oxygen atoms in total. The maximum Gasteiger partial charge on any atom is 0.470 e. The number of hydrogen-bond acceptors (Lipinski definition) is 20. The summed E-state index contributed by atoms with van der Waals surface area (Å²) in [4.78, 5) is 107. The van der Waals surface area contributed by atoms with Gasteiger partial charge in [0, 0.05) is 12.8 Å². The molecule has 0 spiro atoms. The first-order chi connectivity index (χ1) is 57.6. The molecule has 9 N–H and O–H groups in total. The number of ether oxygens (including phenoxy) is 7. The molecule has 2 aliphatic heterocycles. The second-order valence-corrected chi connectivity index (χ2v) is 36.1. The third-order valence-corrected chi connectivity index (χ3v) is 24.1. The molecule has 119 heavy (non-hydrogen) atoms. The van der Waals surface area contributed by atoms with Crippen LogP contribution in [0.3, 0.4) is 0 Å². The van der Waals surface area contributed by atoms with Gasteiger partial charge in [0.05, 0.1) is 51.1 Å². The molecular formula is C94H177N2O22P. The third kappa shape index (κ3) is 59.3. The van der Waals surface area contributed by atoms with E-state index in [1.807, 2.05) is 0 Å². The number of aliphatic hydroxyl groups excluding tert-OH is 5. The number of esters is 4. The Morgan fingerprint density at radius 3 is 1.03 bits per heavy atom. The first-order valence-electron chi connectivity index (χ1n) is 49.0. The number of amides is 2. The van der Waals surface area contributed by atoms with Gasteiger partial charge in [-0.05, 0) is 51.4 Å². The molecule has 6 unspecified atom stereocenters. The van der Waals surface area contributed by atoms with Crippen LogP contribution in [0.2, 0.25) is 0 Å². The highest BCUT2D eigenvalue weighted by molar-refractivity contribution is 7.46. The average Bonchev–Trinajstić information content (AvgIpc) is 0.784. The quantitative estimate of drug-likeness (QED) is 0.0118. The SMILES string of the molecule is CCCCCCCCCCCCCC(=O)O[C@H](CCCCCCCCCCC)CC(=O)OC1C(NC(=O)C[C@@H](CCCCCCCCCCC)OC(=O)CCCCCCCCCCC)[C@H](OCC2O[C@@H](O)C(NC(=O)C[C@H](O)CCCCCCCCCCC)C(OC(=O)C[C@H](O)CCCCCCCCCCC)[C@@H]2O)OC(CO)[C@H]1OP(=O)(O)O. The van der Waals surface area contributed by atoms with E-state index in [4.69, 9.17) is 37.7 Å². The summed E-state index contributed by atoms with van der Waals surface area (Å²) in [5.41, 5.74) is 0. The lowest BCUT2D eigenvalue weighted by Gasteiger charge is -2.46. The van der Waals surface area contributed by atoms with E-state index in [0.717, 1.165) is 205 Å². The van der Waals surface area contributed by atoms with Crippen molar-refractivity contribution in [3.63, 3.8) is 0 Å². The molecule has 0 radical (unpaired) electrons. The fourth-order valence-electron chi connectivity index (χ4n) is 16.4. The van der Waals surface area contributed by atoms with Crippen LogP contribution >= 0.6 is 7.82 Å². The van der Waals surface area contributed by atoms with Gasteiger partial charge in [0.25, 0.3) is 0 Å². The van der Waals surface area contributed by atoms with Crippen molar-refractivity contribution in [2.24, 2.45) is 0 Å². The minimum Gasteiger partial charge on any atom is -0.462 e. The predicted molar refractivity (Wildman–Crippen MR) is 470 cm³/mol. The monoisotopic (exact) mass is 1720 g/mol. The van der Waals surface area contributed by atoms with Crippen molar-refractivity contribution in [3.05, 3.63) is 0 Å². The molecule has 2 fully saturated rings. The number of carbonyl (C=O) groups is 6. The topological polar surface area (TPSA) is 359 Å². The number of phosphoric ester groups is 1. The number of nitrogens with one attached hydrogen (secondary N) is 2. The molecule has 2 aliphatic rings. The van der Waals surface area contributed by atoms with Crippen LogP contribution in [-0.4, -0.2) is 170 Å². The first-order valence-corrected chi connectivity index (χ1v) is 50.5. The third-order valence-electron chi connectivity index (χ3n) is 23.6. The smallest absolute Gasteiger partial charge is 0.462 e. The largest absolute Gasteiger partial charge is 0.470 e.